The van der Waals surface area contributed by atoms with Crippen LogP contribution in [0.1, 0.15) is 12.0 Å². The summed E-state index contributed by atoms with van der Waals surface area (Å²) in [6.45, 7) is 3.11. The zero-order valence-corrected chi connectivity index (χ0v) is 9.55. The minimum atomic E-state index is 0.113. The fourth-order valence-electron chi connectivity index (χ4n) is 2.31. The van der Waals surface area contributed by atoms with Crippen LogP contribution >= 0.6 is 0 Å². The van der Waals surface area contributed by atoms with Crippen LogP contribution in [0.5, 0.6) is 0 Å². The smallest absolute Gasteiger partial charge is 0.0475 e. The van der Waals surface area contributed by atoms with E-state index in [0.29, 0.717) is 0 Å². The van der Waals surface area contributed by atoms with E-state index in [-0.39, 0.29) is 18.6 Å². The van der Waals surface area contributed by atoms with Crippen molar-refractivity contribution in [3.63, 3.8) is 0 Å². The topological polar surface area (TPSA) is 49.5 Å². The molecule has 2 atom stereocenters. The van der Waals surface area contributed by atoms with Crippen LogP contribution in [0.15, 0.2) is 30.3 Å². The monoisotopic (exact) mass is 220 g/mol. The minimum Gasteiger partial charge on any atom is -0.396 e. The molecule has 3 N–H and O–H groups in total. The molecule has 88 valence electrons. The van der Waals surface area contributed by atoms with Gasteiger partial charge in [-0.25, -0.2) is 0 Å². The van der Waals surface area contributed by atoms with E-state index in [9.17, 15) is 0 Å². The highest BCUT2D eigenvalue weighted by atomic mass is 16.3. The standard InChI is InChI=1S/C13H20N2O/c14-13-9-15(7-6-12(13)10-16)8-11-4-2-1-3-5-11/h1-5,12-13,16H,6-10,14H2. The number of nitrogens with zero attached hydrogens (tertiary/aromatic N) is 1. The van der Waals surface area contributed by atoms with Crippen molar-refractivity contribution in [3.8, 4) is 0 Å². The Morgan fingerprint density at radius 1 is 1.31 bits per heavy atom. The summed E-state index contributed by atoms with van der Waals surface area (Å²) in [5.41, 5.74) is 7.36. The van der Waals surface area contributed by atoms with Crippen molar-refractivity contribution in [3.05, 3.63) is 35.9 Å². The first-order valence-electron chi connectivity index (χ1n) is 5.92. The summed E-state index contributed by atoms with van der Waals surface area (Å²) < 4.78 is 0. The van der Waals surface area contributed by atoms with Crippen molar-refractivity contribution >= 4 is 0 Å². The van der Waals surface area contributed by atoms with Crippen LogP contribution in [0, 0.1) is 5.92 Å². The Morgan fingerprint density at radius 3 is 2.69 bits per heavy atom. The highest BCUT2D eigenvalue weighted by Crippen LogP contribution is 2.17. The van der Waals surface area contributed by atoms with Crippen LogP contribution in [0.3, 0.4) is 0 Å². The summed E-state index contributed by atoms with van der Waals surface area (Å²) in [5.74, 6) is 0.284. The lowest BCUT2D eigenvalue weighted by Gasteiger charge is -2.35. The number of piperidine rings is 1. The van der Waals surface area contributed by atoms with Gasteiger partial charge in [-0.05, 0) is 24.4 Å². The lowest BCUT2D eigenvalue weighted by atomic mass is 9.93. The Morgan fingerprint density at radius 2 is 2.06 bits per heavy atom. The number of aliphatic hydroxyl groups excluding tert-OH is 1. The predicted molar refractivity (Wildman–Crippen MR) is 64.9 cm³/mol. The molecule has 1 aromatic carbocycles. The third-order valence-corrected chi connectivity index (χ3v) is 3.37. The van der Waals surface area contributed by atoms with Gasteiger partial charge in [-0.15, -0.1) is 0 Å². The molecule has 3 nitrogen and oxygen atoms in total. The first-order chi connectivity index (χ1) is 7.79. The molecule has 3 heteroatoms. The molecule has 0 aromatic heterocycles. The van der Waals surface area contributed by atoms with E-state index < -0.39 is 0 Å². The van der Waals surface area contributed by atoms with Crippen LogP contribution < -0.4 is 5.73 Å². The van der Waals surface area contributed by atoms with Crippen LogP contribution in [0.4, 0.5) is 0 Å². The van der Waals surface area contributed by atoms with E-state index >= 15 is 0 Å². The molecule has 1 saturated heterocycles. The van der Waals surface area contributed by atoms with Crippen LogP contribution in [0.2, 0.25) is 0 Å². The minimum absolute atomic E-state index is 0.113. The molecule has 0 bridgehead atoms. The van der Waals surface area contributed by atoms with Crippen LogP contribution in [-0.2, 0) is 6.54 Å². The van der Waals surface area contributed by atoms with Gasteiger partial charge in [0.15, 0.2) is 0 Å². The Bertz CT molecular complexity index is 315. The highest BCUT2D eigenvalue weighted by Gasteiger charge is 2.25. The molecule has 0 saturated carbocycles. The molecule has 1 heterocycles. The molecule has 0 aliphatic carbocycles. The average Bonchev–Trinajstić information content (AvgIpc) is 2.31. The zero-order chi connectivity index (χ0) is 11.4. The first-order valence-corrected chi connectivity index (χ1v) is 5.92. The van der Waals surface area contributed by atoms with Gasteiger partial charge in [0.25, 0.3) is 0 Å². The lowest BCUT2D eigenvalue weighted by molar-refractivity contribution is 0.107. The van der Waals surface area contributed by atoms with Crippen molar-refractivity contribution in [2.45, 2.75) is 19.0 Å². The number of rotatable bonds is 3. The average molecular weight is 220 g/mol. The number of benzene rings is 1. The summed E-state index contributed by atoms with van der Waals surface area (Å²) in [4.78, 5) is 2.37. The third-order valence-electron chi connectivity index (χ3n) is 3.37. The fourth-order valence-corrected chi connectivity index (χ4v) is 2.31. The maximum Gasteiger partial charge on any atom is 0.0475 e. The molecule has 16 heavy (non-hydrogen) atoms. The van der Waals surface area contributed by atoms with Crippen molar-refractivity contribution in [1.82, 2.24) is 4.90 Å². The van der Waals surface area contributed by atoms with Crippen molar-refractivity contribution < 1.29 is 5.11 Å². The first kappa shape index (κ1) is 11.6. The second kappa shape index (κ2) is 5.43. The number of hydrogen-bond donors (Lipinski definition) is 2. The van der Waals surface area contributed by atoms with Gasteiger partial charge in [0.2, 0.25) is 0 Å². The number of hydrogen-bond acceptors (Lipinski definition) is 3. The summed E-state index contributed by atoms with van der Waals surface area (Å²) in [6, 6.07) is 10.6. The van der Waals surface area contributed by atoms with Crippen LogP contribution in [0.25, 0.3) is 0 Å². The lowest BCUT2D eigenvalue weighted by Crippen LogP contribution is -2.49. The van der Waals surface area contributed by atoms with Gasteiger partial charge in [0.1, 0.15) is 0 Å². The van der Waals surface area contributed by atoms with E-state index in [2.05, 4.69) is 29.2 Å². The Balaban J connectivity index is 1.89. The number of aliphatic hydroxyl groups is 1. The van der Waals surface area contributed by atoms with Crippen molar-refractivity contribution in [2.75, 3.05) is 19.7 Å². The van der Waals surface area contributed by atoms with Crippen LogP contribution in [-0.4, -0.2) is 35.7 Å². The molecule has 0 radical (unpaired) electrons. The molecule has 0 spiro atoms. The Labute approximate surface area is 96.9 Å². The molecule has 1 fully saturated rings. The normalized spacial score (nSPS) is 26.9. The Hall–Kier alpha value is -0.900. The predicted octanol–water partition coefficient (Wildman–Crippen LogP) is 0.828. The van der Waals surface area contributed by atoms with E-state index in [0.717, 1.165) is 26.1 Å². The van der Waals surface area contributed by atoms with Gasteiger partial charge in [-0.3, -0.25) is 4.90 Å². The second-order valence-electron chi connectivity index (χ2n) is 4.62. The Kier molecular flexibility index (Phi) is 3.93. The van der Waals surface area contributed by atoms with E-state index in [1.165, 1.54) is 5.56 Å². The third kappa shape index (κ3) is 2.82. The van der Waals surface area contributed by atoms with Crippen molar-refractivity contribution in [2.24, 2.45) is 11.7 Å². The summed E-state index contributed by atoms with van der Waals surface area (Å²) >= 11 is 0. The van der Waals surface area contributed by atoms with Gasteiger partial charge in [0, 0.05) is 25.7 Å². The summed E-state index contributed by atoms with van der Waals surface area (Å²) in [7, 11) is 0. The maximum absolute atomic E-state index is 9.14. The molecule has 1 aliphatic rings. The zero-order valence-electron chi connectivity index (χ0n) is 9.55. The number of nitrogens with two attached hydrogens (primary N) is 1. The molecule has 0 amide bonds. The SMILES string of the molecule is NC1CN(Cc2ccccc2)CCC1CO. The van der Waals surface area contributed by atoms with Gasteiger partial charge in [0.05, 0.1) is 0 Å². The molecule has 1 aliphatic heterocycles. The second-order valence-corrected chi connectivity index (χ2v) is 4.62. The maximum atomic E-state index is 9.14. The largest absolute Gasteiger partial charge is 0.396 e. The molecular formula is C13H20N2O. The highest BCUT2D eigenvalue weighted by molar-refractivity contribution is 5.14. The molecule has 2 rings (SSSR count). The summed E-state index contributed by atoms with van der Waals surface area (Å²) in [5, 5.41) is 9.14. The molecule has 1 aromatic rings. The van der Waals surface area contributed by atoms with Gasteiger partial charge in [-0.2, -0.15) is 0 Å². The van der Waals surface area contributed by atoms with Gasteiger partial charge < -0.3 is 10.8 Å². The van der Waals surface area contributed by atoms with E-state index in [1.54, 1.807) is 0 Å². The van der Waals surface area contributed by atoms with E-state index in [4.69, 9.17) is 10.8 Å². The molecular weight excluding hydrogens is 200 g/mol. The number of likely N-dealkylation sites (tertiary alicyclic amines) is 1. The van der Waals surface area contributed by atoms with Gasteiger partial charge in [-0.1, -0.05) is 30.3 Å². The quantitative estimate of drug-likeness (QED) is 0.793. The fraction of sp³-hybridized carbons (Fsp3) is 0.538. The molecule has 2 unspecified atom stereocenters. The van der Waals surface area contributed by atoms with E-state index in [1.807, 2.05) is 6.07 Å². The van der Waals surface area contributed by atoms with Crippen molar-refractivity contribution in [1.29, 1.82) is 0 Å². The van der Waals surface area contributed by atoms with Gasteiger partial charge >= 0.3 is 0 Å². The summed E-state index contributed by atoms with van der Waals surface area (Å²) in [6.07, 6.45) is 1.00.